The van der Waals surface area contributed by atoms with Crippen LogP contribution in [-0.4, -0.2) is 13.7 Å². The Hall–Kier alpha value is -1.18. The van der Waals surface area contributed by atoms with Gasteiger partial charge in [-0.3, -0.25) is 0 Å². The van der Waals surface area contributed by atoms with E-state index in [4.69, 9.17) is 9.47 Å². The molecule has 2 nitrogen and oxygen atoms in total. The minimum absolute atomic E-state index is 0.625. The Kier molecular flexibility index (Phi) is 3.45. The van der Waals surface area contributed by atoms with E-state index in [1.165, 1.54) is 0 Å². The predicted molar refractivity (Wildman–Crippen MR) is 48.5 cm³/mol. The van der Waals surface area contributed by atoms with Crippen LogP contribution < -0.4 is 9.47 Å². The zero-order valence-electron chi connectivity index (χ0n) is 7.25. The van der Waals surface area contributed by atoms with Gasteiger partial charge in [-0.2, -0.15) is 0 Å². The first kappa shape index (κ1) is 8.91. The van der Waals surface area contributed by atoms with Gasteiger partial charge in [-0.05, 0) is 25.5 Å². The first-order valence-corrected chi connectivity index (χ1v) is 3.93. The number of hydrogen-bond donors (Lipinski definition) is 0. The highest BCUT2D eigenvalue weighted by molar-refractivity contribution is 5.39. The second-order valence-electron chi connectivity index (χ2n) is 2.35. The zero-order valence-corrected chi connectivity index (χ0v) is 7.25. The molecule has 0 fully saturated rings. The number of rotatable bonds is 4. The van der Waals surface area contributed by atoms with Gasteiger partial charge in [0.1, 0.15) is 0 Å². The Morgan fingerprint density at radius 3 is 2.50 bits per heavy atom. The second-order valence-corrected chi connectivity index (χ2v) is 2.35. The molecule has 0 aliphatic carbocycles. The Morgan fingerprint density at radius 2 is 1.92 bits per heavy atom. The van der Waals surface area contributed by atoms with Crippen LogP contribution in [0.3, 0.4) is 0 Å². The molecule has 0 spiro atoms. The topological polar surface area (TPSA) is 18.5 Å². The maximum atomic E-state index is 5.39. The van der Waals surface area contributed by atoms with Gasteiger partial charge < -0.3 is 9.47 Å². The summed E-state index contributed by atoms with van der Waals surface area (Å²) in [5.41, 5.74) is 0. The average molecular weight is 165 g/mol. The maximum absolute atomic E-state index is 5.39. The Morgan fingerprint density at radius 1 is 1.25 bits per heavy atom. The number of methoxy groups -OCH3 is 1. The van der Waals surface area contributed by atoms with Gasteiger partial charge >= 0.3 is 0 Å². The molecule has 1 rings (SSSR count). The molecule has 0 bridgehead atoms. The van der Waals surface area contributed by atoms with Crippen LogP contribution in [-0.2, 0) is 0 Å². The maximum Gasteiger partial charge on any atom is 0.161 e. The van der Waals surface area contributed by atoms with Crippen LogP contribution in [0.25, 0.3) is 0 Å². The van der Waals surface area contributed by atoms with E-state index in [-0.39, 0.29) is 0 Å². The first-order valence-electron chi connectivity index (χ1n) is 3.93. The third-order valence-corrected chi connectivity index (χ3v) is 1.47. The summed E-state index contributed by atoms with van der Waals surface area (Å²) in [6.45, 7) is 4.32. The molecule has 2 heteroatoms. The van der Waals surface area contributed by atoms with Crippen molar-refractivity contribution in [2.75, 3.05) is 13.7 Å². The Balaban J connectivity index is 2.68. The smallest absolute Gasteiger partial charge is 0.161 e. The lowest BCUT2D eigenvalue weighted by atomic mass is 10.3. The molecule has 0 atom stereocenters. The van der Waals surface area contributed by atoms with E-state index in [1.54, 1.807) is 7.11 Å². The molecule has 0 aliphatic rings. The van der Waals surface area contributed by atoms with Crippen molar-refractivity contribution in [2.45, 2.75) is 6.42 Å². The predicted octanol–water partition coefficient (Wildman–Crippen LogP) is 2.30. The largest absolute Gasteiger partial charge is 0.493 e. The van der Waals surface area contributed by atoms with E-state index in [1.807, 2.05) is 24.3 Å². The van der Waals surface area contributed by atoms with Crippen molar-refractivity contribution in [1.82, 2.24) is 0 Å². The van der Waals surface area contributed by atoms with Crippen molar-refractivity contribution >= 4 is 0 Å². The summed E-state index contributed by atoms with van der Waals surface area (Å²) >= 11 is 0. The molecule has 0 aromatic heterocycles. The molecule has 0 saturated carbocycles. The highest BCUT2D eigenvalue weighted by Crippen LogP contribution is 2.25. The molecule has 12 heavy (non-hydrogen) atoms. The van der Waals surface area contributed by atoms with Gasteiger partial charge in [-0.25, -0.2) is 0 Å². The molecule has 0 aliphatic heterocycles. The quantitative estimate of drug-likeness (QED) is 0.681. The minimum atomic E-state index is 0.625. The van der Waals surface area contributed by atoms with Crippen LogP contribution in [0.5, 0.6) is 11.5 Å². The van der Waals surface area contributed by atoms with Gasteiger partial charge in [0.05, 0.1) is 13.7 Å². The lowest BCUT2D eigenvalue weighted by Gasteiger charge is -2.08. The number of ether oxygens (including phenoxy) is 2. The molecule has 1 aromatic carbocycles. The molecule has 1 radical (unpaired) electrons. The van der Waals surface area contributed by atoms with E-state index >= 15 is 0 Å². The molecule has 0 N–H and O–H groups in total. The van der Waals surface area contributed by atoms with Crippen LogP contribution in [0.4, 0.5) is 0 Å². The van der Waals surface area contributed by atoms with Gasteiger partial charge in [0, 0.05) is 0 Å². The van der Waals surface area contributed by atoms with Gasteiger partial charge in [0.2, 0.25) is 0 Å². The van der Waals surface area contributed by atoms with E-state index in [9.17, 15) is 0 Å². The zero-order chi connectivity index (χ0) is 8.81. The van der Waals surface area contributed by atoms with Crippen molar-refractivity contribution in [3.05, 3.63) is 31.2 Å². The van der Waals surface area contributed by atoms with Crippen LogP contribution in [0, 0.1) is 6.92 Å². The first-order chi connectivity index (χ1) is 5.88. The van der Waals surface area contributed by atoms with Crippen molar-refractivity contribution in [3.8, 4) is 11.5 Å². The normalized spacial score (nSPS) is 9.50. The third kappa shape index (κ3) is 2.16. The lowest BCUT2D eigenvalue weighted by molar-refractivity contribution is 0.299. The van der Waals surface area contributed by atoms with Gasteiger partial charge in [0.15, 0.2) is 11.5 Å². The Bertz CT molecular complexity index is 233. The molecule has 1 aromatic rings. The number of hydrogen-bond acceptors (Lipinski definition) is 2. The summed E-state index contributed by atoms with van der Waals surface area (Å²) in [5, 5.41) is 0. The average Bonchev–Trinajstić information content (AvgIpc) is 2.15. The van der Waals surface area contributed by atoms with E-state index < -0.39 is 0 Å². The van der Waals surface area contributed by atoms with E-state index in [0.717, 1.165) is 17.9 Å². The standard InChI is InChI=1S/C10H13O2/c1-3-8-12-10-7-5-4-6-9(10)11-2/h4-7H,1,3,8H2,2H3. The van der Waals surface area contributed by atoms with Gasteiger partial charge in [-0.15, -0.1) is 0 Å². The molecular weight excluding hydrogens is 152 g/mol. The second kappa shape index (κ2) is 4.65. The summed E-state index contributed by atoms with van der Waals surface area (Å²) in [4.78, 5) is 0. The fraction of sp³-hybridized carbons (Fsp3) is 0.300. The van der Waals surface area contributed by atoms with Crippen LogP contribution >= 0.6 is 0 Å². The SMILES string of the molecule is [CH2]CCOc1ccccc1OC. The summed E-state index contributed by atoms with van der Waals surface area (Å²) in [5.74, 6) is 1.55. The number of benzene rings is 1. The van der Waals surface area contributed by atoms with E-state index in [0.29, 0.717) is 6.61 Å². The summed E-state index contributed by atoms with van der Waals surface area (Å²) in [6, 6.07) is 7.59. The van der Waals surface area contributed by atoms with Crippen molar-refractivity contribution in [1.29, 1.82) is 0 Å². The highest BCUT2D eigenvalue weighted by atomic mass is 16.5. The van der Waals surface area contributed by atoms with Crippen molar-refractivity contribution < 1.29 is 9.47 Å². The van der Waals surface area contributed by atoms with Gasteiger partial charge in [0.25, 0.3) is 0 Å². The summed E-state index contributed by atoms with van der Waals surface area (Å²) in [6.07, 6.45) is 0.762. The van der Waals surface area contributed by atoms with E-state index in [2.05, 4.69) is 6.92 Å². The molecule has 0 saturated heterocycles. The van der Waals surface area contributed by atoms with Crippen molar-refractivity contribution in [3.63, 3.8) is 0 Å². The molecular formula is C10H13O2. The van der Waals surface area contributed by atoms with Crippen LogP contribution in [0.15, 0.2) is 24.3 Å². The fourth-order valence-electron chi connectivity index (χ4n) is 0.920. The third-order valence-electron chi connectivity index (χ3n) is 1.47. The Labute approximate surface area is 73.1 Å². The highest BCUT2D eigenvalue weighted by Gasteiger charge is 1.99. The lowest BCUT2D eigenvalue weighted by Crippen LogP contribution is -1.97. The molecule has 0 unspecified atom stereocenters. The molecule has 0 amide bonds. The van der Waals surface area contributed by atoms with Crippen molar-refractivity contribution in [2.24, 2.45) is 0 Å². The summed E-state index contributed by atoms with van der Waals surface area (Å²) in [7, 11) is 1.63. The monoisotopic (exact) mass is 165 g/mol. The molecule has 65 valence electrons. The fourth-order valence-corrected chi connectivity index (χ4v) is 0.920. The number of para-hydroxylation sites is 2. The van der Waals surface area contributed by atoms with Crippen LogP contribution in [0.1, 0.15) is 6.42 Å². The minimum Gasteiger partial charge on any atom is -0.493 e. The summed E-state index contributed by atoms with van der Waals surface area (Å²) < 4.78 is 10.5. The van der Waals surface area contributed by atoms with Gasteiger partial charge in [-0.1, -0.05) is 12.1 Å². The molecule has 0 heterocycles. The van der Waals surface area contributed by atoms with Crippen LogP contribution in [0.2, 0.25) is 0 Å².